The molecule has 0 bridgehead atoms. The lowest BCUT2D eigenvalue weighted by atomic mass is 9.93. The number of nitrogens with one attached hydrogen (secondary N) is 2. The van der Waals surface area contributed by atoms with Gasteiger partial charge in [-0.05, 0) is 67.9 Å². The fraction of sp³-hybridized carbons (Fsp3) is 0.462. The first-order valence-corrected chi connectivity index (χ1v) is 12.2. The Labute approximate surface area is 204 Å². The lowest BCUT2D eigenvalue weighted by Crippen LogP contribution is -2.44. The molecule has 0 radical (unpaired) electrons. The summed E-state index contributed by atoms with van der Waals surface area (Å²) in [6, 6.07) is 9.29. The number of nitrogens with zero attached hydrogens (tertiary/aromatic N) is 2. The third-order valence-corrected chi connectivity index (χ3v) is 6.83. The topological polar surface area (TPSA) is 132 Å². The van der Waals surface area contributed by atoms with Gasteiger partial charge in [-0.1, -0.05) is 18.2 Å². The quantitative estimate of drug-likeness (QED) is 0.403. The van der Waals surface area contributed by atoms with Gasteiger partial charge in [0.15, 0.2) is 0 Å². The maximum absolute atomic E-state index is 12.7. The molecule has 4 N–H and O–H groups in total. The molecule has 0 spiro atoms. The van der Waals surface area contributed by atoms with Crippen LogP contribution in [0.1, 0.15) is 58.9 Å². The molecule has 1 atom stereocenters. The lowest BCUT2D eigenvalue weighted by molar-refractivity contribution is -0.144. The average molecular weight is 481 g/mol. The van der Waals surface area contributed by atoms with E-state index in [0.29, 0.717) is 38.0 Å². The highest BCUT2D eigenvalue weighted by Gasteiger charge is 2.33. The maximum atomic E-state index is 12.7. The summed E-state index contributed by atoms with van der Waals surface area (Å²) < 4.78 is 0. The Morgan fingerprint density at radius 1 is 1.09 bits per heavy atom. The van der Waals surface area contributed by atoms with Gasteiger partial charge in [0.25, 0.3) is 0 Å². The minimum atomic E-state index is -1.05. The molecular formula is C26H32N4O5. The molecule has 186 valence electrons. The Morgan fingerprint density at radius 3 is 2.51 bits per heavy atom. The van der Waals surface area contributed by atoms with Crippen LogP contribution < -0.4 is 10.6 Å². The summed E-state index contributed by atoms with van der Waals surface area (Å²) in [6.45, 7) is 2.52. The van der Waals surface area contributed by atoms with Crippen LogP contribution >= 0.6 is 0 Å². The summed E-state index contributed by atoms with van der Waals surface area (Å²) in [5, 5.41) is 25.2. The van der Waals surface area contributed by atoms with E-state index in [1.807, 2.05) is 4.90 Å². The number of hydrogen-bond acceptors (Lipinski definition) is 6. The zero-order chi connectivity index (χ0) is 24.8. The van der Waals surface area contributed by atoms with Crippen LogP contribution in [-0.4, -0.2) is 64.1 Å². The third-order valence-electron chi connectivity index (χ3n) is 6.83. The number of fused-ring (bicyclic) bond motifs is 1. The number of piperidine rings is 1. The number of carboxylic acid groups (broad SMARTS) is 2. The number of amides is 1. The average Bonchev–Trinajstić information content (AvgIpc) is 2.87. The van der Waals surface area contributed by atoms with Gasteiger partial charge in [0.2, 0.25) is 5.91 Å². The molecule has 9 nitrogen and oxygen atoms in total. The first-order valence-electron chi connectivity index (χ1n) is 12.2. The van der Waals surface area contributed by atoms with Crippen molar-refractivity contribution in [2.45, 2.75) is 44.6 Å². The van der Waals surface area contributed by atoms with Gasteiger partial charge in [0, 0.05) is 37.8 Å². The van der Waals surface area contributed by atoms with Crippen molar-refractivity contribution in [3.05, 3.63) is 58.8 Å². The van der Waals surface area contributed by atoms with Crippen LogP contribution in [0.5, 0.6) is 0 Å². The fourth-order valence-electron chi connectivity index (χ4n) is 4.87. The number of rotatable bonds is 9. The standard InChI is InChI=1S/C26H32N4O5/c31-24(28-14-2-4-21-10-9-18-3-1-13-27-23(18)29-21)19-11-15-30(16-12-19)22(26(34)35)17-5-7-20(8-6-17)25(32)33/h5-10,19,22H,1-4,11-16H2,(H,27,29)(H,28,31)(H,32,33)(H,34,35). The zero-order valence-electron chi connectivity index (χ0n) is 19.7. The second-order valence-corrected chi connectivity index (χ2v) is 9.21. The molecule has 2 aliphatic heterocycles. The predicted octanol–water partition coefficient (Wildman–Crippen LogP) is 2.72. The van der Waals surface area contributed by atoms with E-state index in [2.05, 4.69) is 22.8 Å². The van der Waals surface area contributed by atoms with E-state index in [1.54, 1.807) is 12.1 Å². The molecule has 0 aliphatic carbocycles. The van der Waals surface area contributed by atoms with Crippen molar-refractivity contribution in [3.63, 3.8) is 0 Å². The summed E-state index contributed by atoms with van der Waals surface area (Å²) in [6.07, 6.45) is 4.98. The minimum absolute atomic E-state index is 0.0161. The SMILES string of the molecule is O=C(O)c1ccc(C(C(=O)O)N2CCC(C(=O)NCCCc3ccc4c(n3)NCCC4)CC2)cc1. The van der Waals surface area contributed by atoms with Crippen molar-refractivity contribution < 1.29 is 24.6 Å². The summed E-state index contributed by atoms with van der Waals surface area (Å²) in [5.41, 5.74) is 2.95. The smallest absolute Gasteiger partial charge is 0.335 e. The van der Waals surface area contributed by atoms with Gasteiger partial charge in [-0.3, -0.25) is 14.5 Å². The molecule has 1 fully saturated rings. The number of carboxylic acids is 2. The van der Waals surface area contributed by atoms with Crippen LogP contribution in [0.25, 0.3) is 0 Å². The molecule has 3 heterocycles. The second-order valence-electron chi connectivity index (χ2n) is 9.21. The van der Waals surface area contributed by atoms with Gasteiger partial charge in [-0.25, -0.2) is 9.78 Å². The molecule has 1 amide bonds. The summed E-state index contributed by atoms with van der Waals surface area (Å²) >= 11 is 0. The van der Waals surface area contributed by atoms with Gasteiger partial charge < -0.3 is 20.8 Å². The van der Waals surface area contributed by atoms with Crippen LogP contribution in [0.15, 0.2) is 36.4 Å². The van der Waals surface area contributed by atoms with Crippen molar-refractivity contribution in [1.82, 2.24) is 15.2 Å². The number of carbonyl (C=O) groups is 3. The highest BCUT2D eigenvalue weighted by molar-refractivity contribution is 5.87. The van der Waals surface area contributed by atoms with Gasteiger partial charge in [0.05, 0.1) is 5.56 Å². The Kier molecular flexibility index (Phi) is 7.97. The van der Waals surface area contributed by atoms with E-state index in [0.717, 1.165) is 43.7 Å². The number of anilines is 1. The summed E-state index contributed by atoms with van der Waals surface area (Å²) in [7, 11) is 0. The van der Waals surface area contributed by atoms with E-state index in [9.17, 15) is 19.5 Å². The number of aromatic nitrogens is 1. The van der Waals surface area contributed by atoms with Crippen LogP contribution in [0.2, 0.25) is 0 Å². The number of aryl methyl sites for hydroxylation is 2. The highest BCUT2D eigenvalue weighted by atomic mass is 16.4. The Morgan fingerprint density at radius 2 is 1.83 bits per heavy atom. The normalized spacial score (nSPS) is 17.1. The minimum Gasteiger partial charge on any atom is -0.480 e. The number of aliphatic carboxylic acids is 1. The lowest BCUT2D eigenvalue weighted by Gasteiger charge is -2.35. The second kappa shape index (κ2) is 11.3. The molecule has 1 unspecified atom stereocenters. The van der Waals surface area contributed by atoms with E-state index >= 15 is 0 Å². The number of hydrogen-bond donors (Lipinski definition) is 4. The van der Waals surface area contributed by atoms with E-state index in [4.69, 9.17) is 10.1 Å². The van der Waals surface area contributed by atoms with Crippen LogP contribution in [0.4, 0.5) is 5.82 Å². The molecule has 1 aromatic heterocycles. The molecule has 35 heavy (non-hydrogen) atoms. The first-order chi connectivity index (χ1) is 16.9. The van der Waals surface area contributed by atoms with Crippen molar-refractivity contribution >= 4 is 23.7 Å². The van der Waals surface area contributed by atoms with Crippen LogP contribution in [-0.2, 0) is 22.4 Å². The van der Waals surface area contributed by atoms with Crippen molar-refractivity contribution in [2.75, 3.05) is 31.5 Å². The van der Waals surface area contributed by atoms with Crippen LogP contribution in [0.3, 0.4) is 0 Å². The number of likely N-dealkylation sites (tertiary alicyclic amines) is 1. The largest absolute Gasteiger partial charge is 0.480 e. The summed E-state index contributed by atoms with van der Waals surface area (Å²) in [5.74, 6) is -1.17. The van der Waals surface area contributed by atoms with Gasteiger partial charge in [0.1, 0.15) is 11.9 Å². The van der Waals surface area contributed by atoms with Crippen molar-refractivity contribution in [2.24, 2.45) is 5.92 Å². The Hall–Kier alpha value is -3.46. The van der Waals surface area contributed by atoms with E-state index < -0.39 is 18.0 Å². The Bertz CT molecular complexity index is 1060. The molecule has 2 aliphatic rings. The molecule has 0 saturated carbocycles. The zero-order valence-corrected chi connectivity index (χ0v) is 19.7. The van der Waals surface area contributed by atoms with Crippen molar-refractivity contribution in [1.29, 1.82) is 0 Å². The first kappa shape index (κ1) is 24.7. The van der Waals surface area contributed by atoms with Gasteiger partial charge in [-0.15, -0.1) is 0 Å². The molecule has 4 rings (SSSR count). The molecule has 9 heteroatoms. The fourth-order valence-corrected chi connectivity index (χ4v) is 4.87. The maximum Gasteiger partial charge on any atom is 0.335 e. The number of pyridine rings is 1. The number of aromatic carboxylic acids is 1. The van der Waals surface area contributed by atoms with E-state index in [-0.39, 0.29) is 17.4 Å². The number of carbonyl (C=O) groups excluding carboxylic acids is 1. The summed E-state index contributed by atoms with van der Waals surface area (Å²) in [4.78, 5) is 42.2. The van der Waals surface area contributed by atoms with Crippen molar-refractivity contribution in [3.8, 4) is 0 Å². The Balaban J connectivity index is 1.22. The predicted molar refractivity (Wildman–Crippen MR) is 130 cm³/mol. The molecule has 1 saturated heterocycles. The molecule has 1 aromatic carbocycles. The molecule has 2 aromatic rings. The number of benzene rings is 1. The third kappa shape index (κ3) is 6.16. The van der Waals surface area contributed by atoms with E-state index in [1.165, 1.54) is 17.7 Å². The van der Waals surface area contributed by atoms with Gasteiger partial charge >= 0.3 is 11.9 Å². The monoisotopic (exact) mass is 480 g/mol. The highest BCUT2D eigenvalue weighted by Crippen LogP contribution is 2.28. The molecular weight excluding hydrogens is 448 g/mol. The van der Waals surface area contributed by atoms with Gasteiger partial charge in [-0.2, -0.15) is 0 Å². The van der Waals surface area contributed by atoms with Crippen LogP contribution in [0, 0.1) is 5.92 Å².